The summed E-state index contributed by atoms with van der Waals surface area (Å²) >= 11 is 3.43. The summed E-state index contributed by atoms with van der Waals surface area (Å²) < 4.78 is 4.44. The van der Waals surface area contributed by atoms with Gasteiger partial charge in [0, 0.05) is 22.4 Å². The second-order valence-corrected chi connectivity index (χ2v) is 5.36. The lowest BCUT2D eigenvalue weighted by Crippen LogP contribution is -2.03. The zero-order valence-electron chi connectivity index (χ0n) is 10.8. The van der Waals surface area contributed by atoms with Crippen molar-refractivity contribution in [3.63, 3.8) is 0 Å². The average molecular weight is 341 g/mol. The number of aromatic nitrogens is 6. The molecule has 0 spiro atoms. The molecular weight excluding hydrogens is 332 g/mol. The molecule has 0 bridgehead atoms. The molecule has 4 aromatic rings. The summed E-state index contributed by atoms with van der Waals surface area (Å²) in [6.07, 6.45) is 3.56. The van der Waals surface area contributed by atoms with E-state index in [0.717, 1.165) is 10.0 Å². The standard InChI is InChI=1S/C14H9BrN6/c15-11-4-2-10(3-5-11)14-18-17-12-6-7-13(19-21(12)14)20-9-1-8-16-20/h1-9H. The molecule has 4 rings (SSSR count). The summed E-state index contributed by atoms with van der Waals surface area (Å²) in [4.78, 5) is 0. The van der Waals surface area contributed by atoms with Gasteiger partial charge in [0.1, 0.15) is 0 Å². The fourth-order valence-corrected chi connectivity index (χ4v) is 2.35. The Kier molecular flexibility index (Phi) is 2.78. The van der Waals surface area contributed by atoms with E-state index in [1.165, 1.54) is 0 Å². The van der Waals surface area contributed by atoms with Gasteiger partial charge in [-0.1, -0.05) is 28.1 Å². The molecule has 0 aliphatic heterocycles. The Labute approximate surface area is 128 Å². The second-order valence-electron chi connectivity index (χ2n) is 4.44. The van der Waals surface area contributed by atoms with Crippen LogP contribution in [0.4, 0.5) is 0 Å². The Hall–Kier alpha value is -2.54. The predicted molar refractivity (Wildman–Crippen MR) is 81.0 cm³/mol. The minimum absolute atomic E-state index is 0.698. The fraction of sp³-hybridized carbons (Fsp3) is 0. The molecule has 0 N–H and O–H groups in total. The molecule has 0 unspecified atom stereocenters. The molecule has 0 fully saturated rings. The topological polar surface area (TPSA) is 60.9 Å². The maximum absolute atomic E-state index is 4.56. The number of fused-ring (bicyclic) bond motifs is 1. The Balaban J connectivity index is 1.90. The third-order valence-corrected chi connectivity index (χ3v) is 3.62. The first-order valence-corrected chi connectivity index (χ1v) is 7.09. The van der Waals surface area contributed by atoms with Gasteiger partial charge >= 0.3 is 0 Å². The fourth-order valence-electron chi connectivity index (χ4n) is 2.08. The number of hydrogen-bond acceptors (Lipinski definition) is 4. The van der Waals surface area contributed by atoms with E-state index in [9.17, 15) is 0 Å². The van der Waals surface area contributed by atoms with Gasteiger partial charge in [-0.25, -0.2) is 4.68 Å². The van der Waals surface area contributed by atoms with E-state index < -0.39 is 0 Å². The van der Waals surface area contributed by atoms with Crippen LogP contribution in [0.2, 0.25) is 0 Å². The van der Waals surface area contributed by atoms with Crippen molar-refractivity contribution in [2.24, 2.45) is 0 Å². The number of benzene rings is 1. The highest BCUT2D eigenvalue weighted by Crippen LogP contribution is 2.20. The van der Waals surface area contributed by atoms with Crippen LogP contribution in [0.25, 0.3) is 22.9 Å². The molecule has 0 amide bonds. The molecule has 6 nitrogen and oxygen atoms in total. The van der Waals surface area contributed by atoms with Gasteiger partial charge in [0.05, 0.1) is 0 Å². The van der Waals surface area contributed by atoms with Gasteiger partial charge in [0.2, 0.25) is 0 Å². The molecule has 3 aromatic heterocycles. The summed E-state index contributed by atoms with van der Waals surface area (Å²) in [6, 6.07) is 13.5. The summed E-state index contributed by atoms with van der Waals surface area (Å²) in [7, 11) is 0. The van der Waals surface area contributed by atoms with Crippen LogP contribution in [-0.4, -0.2) is 29.6 Å². The van der Waals surface area contributed by atoms with Crippen LogP contribution in [0, 0.1) is 0 Å². The van der Waals surface area contributed by atoms with Crippen LogP contribution < -0.4 is 0 Å². The molecule has 0 atom stereocenters. The van der Waals surface area contributed by atoms with E-state index >= 15 is 0 Å². The lowest BCUT2D eigenvalue weighted by molar-refractivity contribution is 0.794. The zero-order chi connectivity index (χ0) is 14.2. The summed E-state index contributed by atoms with van der Waals surface area (Å²) in [5.41, 5.74) is 1.65. The highest BCUT2D eigenvalue weighted by molar-refractivity contribution is 9.10. The molecule has 102 valence electrons. The molecule has 0 saturated heterocycles. The average Bonchev–Trinajstić information content (AvgIpc) is 3.17. The van der Waals surface area contributed by atoms with E-state index in [2.05, 4.69) is 36.3 Å². The number of halogens is 1. The molecule has 3 heterocycles. The van der Waals surface area contributed by atoms with Crippen molar-refractivity contribution in [1.82, 2.24) is 29.6 Å². The van der Waals surface area contributed by atoms with Crippen molar-refractivity contribution < 1.29 is 0 Å². The van der Waals surface area contributed by atoms with Gasteiger partial charge in [-0.3, -0.25) is 0 Å². The Bertz CT molecular complexity index is 895. The quantitative estimate of drug-likeness (QED) is 0.563. The maximum atomic E-state index is 4.56. The summed E-state index contributed by atoms with van der Waals surface area (Å²) in [5.74, 6) is 1.41. The lowest BCUT2D eigenvalue weighted by Gasteiger charge is -2.03. The molecule has 1 aromatic carbocycles. The minimum atomic E-state index is 0.698. The van der Waals surface area contributed by atoms with Crippen LogP contribution in [-0.2, 0) is 0 Å². The first kappa shape index (κ1) is 12.2. The molecular formula is C14H9BrN6. The predicted octanol–water partition coefficient (Wildman–Crippen LogP) is 2.74. The molecule has 0 aliphatic carbocycles. The minimum Gasteiger partial charge on any atom is -0.221 e. The van der Waals surface area contributed by atoms with Crippen molar-refractivity contribution >= 4 is 21.6 Å². The van der Waals surface area contributed by atoms with Gasteiger partial charge in [0.15, 0.2) is 17.3 Å². The number of rotatable bonds is 2. The van der Waals surface area contributed by atoms with Gasteiger partial charge in [0.25, 0.3) is 0 Å². The van der Waals surface area contributed by atoms with E-state index in [0.29, 0.717) is 17.3 Å². The maximum Gasteiger partial charge on any atom is 0.185 e. The smallest absolute Gasteiger partial charge is 0.185 e. The molecule has 0 saturated carbocycles. The number of hydrogen-bond donors (Lipinski definition) is 0. The van der Waals surface area contributed by atoms with Gasteiger partial charge < -0.3 is 0 Å². The molecule has 0 radical (unpaired) electrons. The molecule has 0 aliphatic rings. The van der Waals surface area contributed by atoms with E-state index in [1.807, 2.05) is 48.7 Å². The van der Waals surface area contributed by atoms with Crippen LogP contribution in [0.1, 0.15) is 0 Å². The highest BCUT2D eigenvalue weighted by atomic mass is 79.9. The van der Waals surface area contributed by atoms with Crippen molar-refractivity contribution in [3.8, 4) is 17.2 Å². The third kappa shape index (κ3) is 2.11. The Morgan fingerprint density at radius 1 is 0.952 bits per heavy atom. The van der Waals surface area contributed by atoms with E-state index in [4.69, 9.17) is 0 Å². The second kappa shape index (κ2) is 4.78. The Morgan fingerprint density at radius 3 is 2.57 bits per heavy atom. The van der Waals surface area contributed by atoms with Crippen LogP contribution in [0.15, 0.2) is 59.3 Å². The monoisotopic (exact) mass is 340 g/mol. The van der Waals surface area contributed by atoms with Crippen molar-refractivity contribution in [1.29, 1.82) is 0 Å². The van der Waals surface area contributed by atoms with Crippen molar-refractivity contribution in [3.05, 3.63) is 59.3 Å². The van der Waals surface area contributed by atoms with Gasteiger partial charge in [-0.05, 0) is 30.3 Å². The molecule has 21 heavy (non-hydrogen) atoms. The van der Waals surface area contributed by atoms with E-state index in [1.54, 1.807) is 15.4 Å². The summed E-state index contributed by atoms with van der Waals surface area (Å²) in [6.45, 7) is 0. The number of nitrogens with zero attached hydrogens (tertiary/aromatic N) is 6. The highest BCUT2D eigenvalue weighted by Gasteiger charge is 2.10. The third-order valence-electron chi connectivity index (χ3n) is 3.09. The first-order chi connectivity index (χ1) is 10.3. The van der Waals surface area contributed by atoms with Crippen LogP contribution in [0.3, 0.4) is 0 Å². The zero-order valence-corrected chi connectivity index (χ0v) is 12.3. The molecule has 7 heteroatoms. The largest absolute Gasteiger partial charge is 0.221 e. The van der Waals surface area contributed by atoms with Gasteiger partial charge in [-0.15, -0.1) is 15.3 Å². The van der Waals surface area contributed by atoms with Crippen molar-refractivity contribution in [2.75, 3.05) is 0 Å². The lowest BCUT2D eigenvalue weighted by atomic mass is 10.2. The van der Waals surface area contributed by atoms with E-state index in [-0.39, 0.29) is 0 Å². The van der Waals surface area contributed by atoms with Gasteiger partial charge in [-0.2, -0.15) is 9.61 Å². The van der Waals surface area contributed by atoms with Crippen LogP contribution >= 0.6 is 15.9 Å². The Morgan fingerprint density at radius 2 is 1.81 bits per heavy atom. The normalized spacial score (nSPS) is 11.1. The summed E-state index contributed by atoms with van der Waals surface area (Å²) in [5, 5.41) is 17.1. The SMILES string of the molecule is Brc1ccc(-c2nnc3ccc(-n4cccn4)nn23)cc1. The first-order valence-electron chi connectivity index (χ1n) is 6.30. The van der Waals surface area contributed by atoms with Crippen LogP contribution in [0.5, 0.6) is 0 Å². The van der Waals surface area contributed by atoms with Crippen molar-refractivity contribution in [2.45, 2.75) is 0 Å².